The van der Waals surface area contributed by atoms with Crippen LogP contribution in [0.5, 0.6) is 0 Å². The van der Waals surface area contributed by atoms with Gasteiger partial charge in [-0.1, -0.05) is 12.1 Å². The molecule has 0 bridgehead atoms. The van der Waals surface area contributed by atoms with E-state index in [1.807, 2.05) is 43.2 Å². The lowest BCUT2D eigenvalue weighted by Crippen LogP contribution is -2.22. The standard InChI is InChI=1S/C18H19N5O2/c1-12-9-17(14-5-3-6-16(23(24)25)18(14)20-12)22-8-4-7-15(22)13-10-19-21(2)11-13/h3,5-6,9-11,15H,4,7-8H2,1-2H3. The average molecular weight is 337 g/mol. The topological polar surface area (TPSA) is 77.1 Å². The van der Waals surface area contributed by atoms with Crippen molar-refractivity contribution in [1.29, 1.82) is 0 Å². The second kappa shape index (κ2) is 5.84. The number of non-ortho nitro benzene ring substituents is 1. The summed E-state index contributed by atoms with van der Waals surface area (Å²) in [6.45, 7) is 2.80. The Hall–Kier alpha value is -2.96. The third-order valence-electron chi connectivity index (χ3n) is 4.79. The smallest absolute Gasteiger partial charge is 0.295 e. The van der Waals surface area contributed by atoms with Crippen molar-refractivity contribution in [1.82, 2.24) is 14.8 Å². The molecule has 1 fully saturated rings. The van der Waals surface area contributed by atoms with Crippen molar-refractivity contribution in [2.45, 2.75) is 25.8 Å². The molecule has 0 N–H and O–H groups in total. The molecule has 1 aromatic carbocycles. The minimum Gasteiger partial charge on any atom is -0.364 e. The first-order valence-corrected chi connectivity index (χ1v) is 8.34. The van der Waals surface area contributed by atoms with Crippen LogP contribution >= 0.6 is 0 Å². The van der Waals surface area contributed by atoms with Crippen molar-refractivity contribution in [3.8, 4) is 0 Å². The van der Waals surface area contributed by atoms with E-state index in [-0.39, 0.29) is 16.7 Å². The van der Waals surface area contributed by atoms with Gasteiger partial charge in [-0.25, -0.2) is 4.98 Å². The van der Waals surface area contributed by atoms with Crippen molar-refractivity contribution in [3.63, 3.8) is 0 Å². The Morgan fingerprint density at radius 3 is 2.92 bits per heavy atom. The molecule has 1 aliphatic rings. The van der Waals surface area contributed by atoms with Crippen LogP contribution in [-0.2, 0) is 7.05 Å². The number of anilines is 1. The number of benzene rings is 1. The van der Waals surface area contributed by atoms with Crippen molar-refractivity contribution in [3.05, 3.63) is 58.0 Å². The van der Waals surface area contributed by atoms with Crippen LogP contribution in [0.3, 0.4) is 0 Å². The maximum Gasteiger partial charge on any atom is 0.295 e. The molecule has 7 nitrogen and oxygen atoms in total. The van der Waals surface area contributed by atoms with E-state index in [2.05, 4.69) is 15.0 Å². The molecule has 128 valence electrons. The molecule has 0 saturated carbocycles. The fourth-order valence-corrected chi connectivity index (χ4v) is 3.74. The van der Waals surface area contributed by atoms with E-state index in [4.69, 9.17) is 0 Å². The molecule has 1 atom stereocenters. The average Bonchev–Trinajstić information content (AvgIpc) is 3.21. The number of aromatic nitrogens is 3. The molecule has 0 amide bonds. The van der Waals surface area contributed by atoms with E-state index in [0.717, 1.165) is 36.2 Å². The highest BCUT2D eigenvalue weighted by Crippen LogP contribution is 2.40. The van der Waals surface area contributed by atoms with Crippen LogP contribution in [0.15, 0.2) is 36.7 Å². The second-order valence-corrected chi connectivity index (χ2v) is 6.51. The molecule has 1 saturated heterocycles. The third-order valence-corrected chi connectivity index (χ3v) is 4.79. The lowest BCUT2D eigenvalue weighted by molar-refractivity contribution is -0.383. The van der Waals surface area contributed by atoms with Crippen LogP contribution in [-0.4, -0.2) is 26.2 Å². The highest BCUT2D eigenvalue weighted by Gasteiger charge is 2.29. The lowest BCUT2D eigenvalue weighted by atomic mass is 10.1. The highest BCUT2D eigenvalue weighted by molar-refractivity contribution is 5.97. The first-order valence-electron chi connectivity index (χ1n) is 8.34. The minimum atomic E-state index is -0.360. The van der Waals surface area contributed by atoms with Crippen LogP contribution in [0.4, 0.5) is 11.4 Å². The van der Waals surface area contributed by atoms with Gasteiger partial charge in [0.15, 0.2) is 5.52 Å². The Labute approximate surface area is 145 Å². The number of rotatable bonds is 3. The first kappa shape index (κ1) is 15.6. The molecule has 0 aliphatic carbocycles. The Balaban J connectivity index is 1.88. The van der Waals surface area contributed by atoms with Crippen LogP contribution in [0, 0.1) is 17.0 Å². The van der Waals surface area contributed by atoms with E-state index < -0.39 is 0 Å². The summed E-state index contributed by atoms with van der Waals surface area (Å²) in [7, 11) is 1.91. The van der Waals surface area contributed by atoms with Gasteiger partial charge >= 0.3 is 0 Å². The van der Waals surface area contributed by atoms with Gasteiger partial charge in [-0.15, -0.1) is 0 Å². The Kier molecular flexibility index (Phi) is 3.63. The monoisotopic (exact) mass is 337 g/mol. The fourth-order valence-electron chi connectivity index (χ4n) is 3.74. The zero-order chi connectivity index (χ0) is 17.6. The van der Waals surface area contributed by atoms with Crippen LogP contribution in [0.25, 0.3) is 10.9 Å². The molecule has 1 aliphatic heterocycles. The summed E-state index contributed by atoms with van der Waals surface area (Å²) in [6, 6.07) is 7.43. The van der Waals surface area contributed by atoms with Gasteiger partial charge in [0.25, 0.3) is 5.69 Å². The molecule has 2 aromatic heterocycles. The quantitative estimate of drug-likeness (QED) is 0.540. The number of nitrogens with zero attached hydrogens (tertiary/aromatic N) is 5. The number of hydrogen-bond donors (Lipinski definition) is 0. The molecule has 4 rings (SSSR count). The summed E-state index contributed by atoms with van der Waals surface area (Å²) in [4.78, 5) is 17.8. The molecule has 3 aromatic rings. The Morgan fingerprint density at radius 2 is 2.20 bits per heavy atom. The molecule has 25 heavy (non-hydrogen) atoms. The van der Waals surface area contributed by atoms with Crippen LogP contribution < -0.4 is 4.90 Å². The van der Waals surface area contributed by atoms with Gasteiger partial charge in [0, 0.05) is 48.2 Å². The van der Waals surface area contributed by atoms with Gasteiger partial charge in [-0.3, -0.25) is 14.8 Å². The van der Waals surface area contributed by atoms with Crippen molar-refractivity contribution >= 4 is 22.3 Å². The number of nitro benzene ring substituents is 1. The zero-order valence-electron chi connectivity index (χ0n) is 14.2. The number of hydrogen-bond acceptors (Lipinski definition) is 5. The van der Waals surface area contributed by atoms with E-state index in [1.54, 1.807) is 6.07 Å². The number of nitro groups is 1. The summed E-state index contributed by atoms with van der Waals surface area (Å²) < 4.78 is 1.81. The summed E-state index contributed by atoms with van der Waals surface area (Å²) >= 11 is 0. The van der Waals surface area contributed by atoms with Gasteiger partial charge in [-0.05, 0) is 25.8 Å². The third kappa shape index (κ3) is 2.61. The molecular formula is C18H19N5O2. The van der Waals surface area contributed by atoms with Crippen molar-refractivity contribution < 1.29 is 4.92 Å². The first-order chi connectivity index (χ1) is 12.0. The Bertz CT molecular complexity index is 965. The van der Waals surface area contributed by atoms with Crippen LogP contribution in [0.1, 0.15) is 30.1 Å². The molecule has 0 spiro atoms. The van der Waals surface area contributed by atoms with Gasteiger partial charge in [0.2, 0.25) is 0 Å². The predicted octanol–water partition coefficient (Wildman–Crippen LogP) is 3.53. The molecule has 0 radical (unpaired) electrons. The zero-order valence-corrected chi connectivity index (χ0v) is 14.2. The largest absolute Gasteiger partial charge is 0.364 e. The Morgan fingerprint density at radius 1 is 1.36 bits per heavy atom. The van der Waals surface area contributed by atoms with E-state index in [1.165, 1.54) is 11.6 Å². The summed E-state index contributed by atoms with van der Waals surface area (Å²) in [5.41, 5.74) is 3.48. The normalized spacial score (nSPS) is 17.4. The fraction of sp³-hybridized carbons (Fsp3) is 0.333. The van der Waals surface area contributed by atoms with E-state index in [0.29, 0.717) is 5.52 Å². The van der Waals surface area contributed by atoms with Crippen LogP contribution in [0.2, 0.25) is 0 Å². The molecular weight excluding hydrogens is 318 g/mol. The summed E-state index contributed by atoms with van der Waals surface area (Å²) in [5.74, 6) is 0. The van der Waals surface area contributed by atoms with Gasteiger partial charge in [-0.2, -0.15) is 5.10 Å². The highest BCUT2D eigenvalue weighted by atomic mass is 16.6. The molecule has 7 heteroatoms. The van der Waals surface area contributed by atoms with Gasteiger partial charge in [0.1, 0.15) is 0 Å². The molecule has 1 unspecified atom stereocenters. The molecule has 3 heterocycles. The van der Waals surface area contributed by atoms with E-state index in [9.17, 15) is 10.1 Å². The van der Waals surface area contributed by atoms with Crippen molar-refractivity contribution in [2.75, 3.05) is 11.4 Å². The maximum absolute atomic E-state index is 11.4. The van der Waals surface area contributed by atoms with Gasteiger partial charge in [0.05, 0.1) is 17.2 Å². The minimum absolute atomic E-state index is 0.0552. The van der Waals surface area contributed by atoms with Gasteiger partial charge < -0.3 is 4.90 Å². The lowest BCUT2D eigenvalue weighted by Gasteiger charge is -2.27. The maximum atomic E-state index is 11.4. The number of pyridine rings is 1. The number of para-hydroxylation sites is 1. The summed E-state index contributed by atoms with van der Waals surface area (Å²) in [6.07, 6.45) is 6.07. The number of fused-ring (bicyclic) bond motifs is 1. The van der Waals surface area contributed by atoms with E-state index >= 15 is 0 Å². The second-order valence-electron chi connectivity index (χ2n) is 6.51. The predicted molar refractivity (Wildman–Crippen MR) is 95.7 cm³/mol. The SMILES string of the molecule is Cc1cc(N2CCCC2c2cnn(C)c2)c2cccc([N+](=O)[O-])c2n1. The summed E-state index contributed by atoms with van der Waals surface area (Å²) in [5, 5.41) is 16.5. The number of aryl methyl sites for hydroxylation is 2. The van der Waals surface area contributed by atoms with Crippen molar-refractivity contribution in [2.24, 2.45) is 7.05 Å².